The molecule has 1 atom stereocenters. The van der Waals surface area contributed by atoms with Gasteiger partial charge in [0.2, 0.25) is 4.96 Å². The summed E-state index contributed by atoms with van der Waals surface area (Å²) in [6.45, 7) is 4.47. The van der Waals surface area contributed by atoms with Gasteiger partial charge < -0.3 is 5.73 Å². The molecule has 2 aromatic heterocycles. The van der Waals surface area contributed by atoms with Gasteiger partial charge in [0.1, 0.15) is 5.01 Å². The fourth-order valence-electron chi connectivity index (χ4n) is 2.22. The molecule has 0 saturated carbocycles. The van der Waals surface area contributed by atoms with Gasteiger partial charge in [-0.1, -0.05) is 11.3 Å². The Balaban J connectivity index is 1.89. The lowest BCUT2D eigenvalue weighted by atomic mass is 10.3. The standard InChI is InChI=1S/C11H15N5OS/c1-7-4-10(17)16-11(13-7)18-9(14-16)6-15-3-2-8(12)5-15/h4,8H,2-3,5-6,12H2,1H3/t8-/m0/s1. The highest BCUT2D eigenvalue weighted by Gasteiger charge is 2.20. The van der Waals surface area contributed by atoms with Crippen LogP contribution in [0.4, 0.5) is 0 Å². The van der Waals surface area contributed by atoms with Crippen molar-refractivity contribution in [2.24, 2.45) is 5.73 Å². The van der Waals surface area contributed by atoms with Crippen LogP contribution >= 0.6 is 11.3 Å². The van der Waals surface area contributed by atoms with E-state index in [-0.39, 0.29) is 11.6 Å². The van der Waals surface area contributed by atoms with E-state index in [0.717, 1.165) is 36.8 Å². The number of rotatable bonds is 2. The maximum atomic E-state index is 11.7. The molecule has 0 unspecified atom stereocenters. The zero-order valence-electron chi connectivity index (χ0n) is 10.2. The van der Waals surface area contributed by atoms with Crippen molar-refractivity contribution in [3.8, 4) is 0 Å². The summed E-state index contributed by atoms with van der Waals surface area (Å²) in [6.07, 6.45) is 1.03. The van der Waals surface area contributed by atoms with Crippen molar-refractivity contribution in [1.82, 2.24) is 19.5 Å². The van der Waals surface area contributed by atoms with Crippen LogP contribution in [-0.2, 0) is 6.54 Å². The summed E-state index contributed by atoms with van der Waals surface area (Å²) in [5.74, 6) is 0. The van der Waals surface area contributed by atoms with E-state index < -0.39 is 0 Å². The predicted molar refractivity (Wildman–Crippen MR) is 69.7 cm³/mol. The second-order valence-corrected chi connectivity index (χ2v) is 5.75. The number of nitrogens with two attached hydrogens (primary N) is 1. The fraction of sp³-hybridized carbons (Fsp3) is 0.545. The van der Waals surface area contributed by atoms with Crippen LogP contribution in [0.3, 0.4) is 0 Å². The first kappa shape index (κ1) is 11.8. The lowest BCUT2D eigenvalue weighted by Crippen LogP contribution is -2.26. The fourth-order valence-corrected chi connectivity index (χ4v) is 3.21. The van der Waals surface area contributed by atoms with Gasteiger partial charge in [-0.25, -0.2) is 4.98 Å². The van der Waals surface area contributed by atoms with Crippen LogP contribution in [0.15, 0.2) is 10.9 Å². The Labute approximate surface area is 108 Å². The zero-order chi connectivity index (χ0) is 12.7. The normalized spacial score (nSPS) is 20.9. The predicted octanol–water partition coefficient (Wildman–Crippen LogP) is -0.00758. The highest BCUT2D eigenvalue weighted by molar-refractivity contribution is 7.16. The summed E-state index contributed by atoms with van der Waals surface area (Å²) < 4.78 is 1.38. The van der Waals surface area contributed by atoms with Gasteiger partial charge in [0.05, 0.1) is 6.54 Å². The van der Waals surface area contributed by atoms with Crippen molar-refractivity contribution >= 4 is 16.3 Å². The third-order valence-corrected chi connectivity index (χ3v) is 3.98. The Morgan fingerprint density at radius 1 is 1.61 bits per heavy atom. The Morgan fingerprint density at radius 2 is 2.44 bits per heavy atom. The summed E-state index contributed by atoms with van der Waals surface area (Å²) in [6, 6.07) is 1.77. The summed E-state index contributed by atoms with van der Waals surface area (Å²) in [5.41, 5.74) is 6.49. The van der Waals surface area contributed by atoms with Gasteiger partial charge in [0.15, 0.2) is 0 Å². The van der Waals surface area contributed by atoms with Crippen molar-refractivity contribution in [3.05, 3.63) is 27.1 Å². The molecule has 1 saturated heterocycles. The average molecular weight is 265 g/mol. The third-order valence-electron chi connectivity index (χ3n) is 3.08. The molecule has 96 valence electrons. The van der Waals surface area contributed by atoms with Crippen molar-refractivity contribution in [2.75, 3.05) is 13.1 Å². The van der Waals surface area contributed by atoms with Crippen LogP contribution in [0, 0.1) is 6.92 Å². The smallest absolute Gasteiger partial charge is 0.275 e. The molecule has 0 bridgehead atoms. The van der Waals surface area contributed by atoms with E-state index in [1.165, 1.54) is 21.9 Å². The van der Waals surface area contributed by atoms with Crippen LogP contribution in [0.2, 0.25) is 0 Å². The first-order valence-electron chi connectivity index (χ1n) is 5.96. The molecule has 0 aliphatic carbocycles. The summed E-state index contributed by atoms with van der Waals surface area (Å²) in [7, 11) is 0. The van der Waals surface area contributed by atoms with Crippen LogP contribution in [-0.4, -0.2) is 38.6 Å². The van der Waals surface area contributed by atoms with E-state index in [9.17, 15) is 4.79 Å². The molecule has 7 heteroatoms. The van der Waals surface area contributed by atoms with E-state index in [0.29, 0.717) is 4.96 Å². The Morgan fingerprint density at radius 3 is 3.17 bits per heavy atom. The Hall–Kier alpha value is -1.31. The topological polar surface area (TPSA) is 76.5 Å². The van der Waals surface area contributed by atoms with Crippen LogP contribution in [0.1, 0.15) is 17.1 Å². The van der Waals surface area contributed by atoms with E-state index in [4.69, 9.17) is 5.73 Å². The Bertz CT molecular complexity index is 634. The molecular weight excluding hydrogens is 250 g/mol. The van der Waals surface area contributed by atoms with E-state index in [1.54, 1.807) is 0 Å². The van der Waals surface area contributed by atoms with Crippen molar-refractivity contribution in [3.63, 3.8) is 0 Å². The largest absolute Gasteiger partial charge is 0.326 e. The molecule has 0 radical (unpaired) electrons. The van der Waals surface area contributed by atoms with Gasteiger partial charge in [0, 0.05) is 30.9 Å². The molecule has 2 aromatic rings. The second kappa shape index (κ2) is 4.42. The monoisotopic (exact) mass is 265 g/mol. The molecule has 0 spiro atoms. The number of likely N-dealkylation sites (tertiary alicyclic amines) is 1. The number of hydrogen-bond acceptors (Lipinski definition) is 6. The highest BCUT2D eigenvalue weighted by Crippen LogP contribution is 2.16. The van der Waals surface area contributed by atoms with E-state index in [1.807, 2.05) is 6.92 Å². The van der Waals surface area contributed by atoms with Crippen molar-refractivity contribution in [1.29, 1.82) is 0 Å². The molecule has 1 fully saturated rings. The number of fused-ring (bicyclic) bond motifs is 1. The zero-order valence-corrected chi connectivity index (χ0v) is 11.0. The summed E-state index contributed by atoms with van der Waals surface area (Å²) >= 11 is 1.47. The van der Waals surface area contributed by atoms with Crippen LogP contribution in [0.25, 0.3) is 4.96 Å². The summed E-state index contributed by atoms with van der Waals surface area (Å²) in [5, 5.41) is 5.24. The average Bonchev–Trinajstić information content (AvgIpc) is 2.85. The summed E-state index contributed by atoms with van der Waals surface area (Å²) in [4.78, 5) is 19.0. The Kier molecular flexibility index (Phi) is 2.89. The molecule has 2 N–H and O–H groups in total. The van der Waals surface area contributed by atoms with Crippen molar-refractivity contribution in [2.45, 2.75) is 25.9 Å². The van der Waals surface area contributed by atoms with Crippen LogP contribution in [0.5, 0.6) is 0 Å². The van der Waals surface area contributed by atoms with Gasteiger partial charge in [-0.3, -0.25) is 9.69 Å². The minimum atomic E-state index is -0.113. The van der Waals surface area contributed by atoms with Gasteiger partial charge in [0.25, 0.3) is 5.56 Å². The lowest BCUT2D eigenvalue weighted by Gasteiger charge is -2.11. The molecule has 0 aromatic carbocycles. The highest BCUT2D eigenvalue weighted by atomic mass is 32.1. The van der Waals surface area contributed by atoms with Gasteiger partial charge in [-0.2, -0.15) is 9.61 Å². The molecule has 3 heterocycles. The number of aromatic nitrogens is 3. The minimum Gasteiger partial charge on any atom is -0.326 e. The third kappa shape index (κ3) is 2.16. The van der Waals surface area contributed by atoms with E-state index >= 15 is 0 Å². The molecule has 1 aliphatic rings. The second-order valence-electron chi connectivity index (χ2n) is 4.71. The first-order valence-corrected chi connectivity index (χ1v) is 6.78. The van der Waals surface area contributed by atoms with Gasteiger partial charge in [-0.15, -0.1) is 0 Å². The quantitative estimate of drug-likeness (QED) is 0.826. The molecular formula is C11H15N5OS. The molecule has 1 aliphatic heterocycles. The number of nitrogens with zero attached hydrogens (tertiary/aromatic N) is 4. The van der Waals surface area contributed by atoms with Crippen molar-refractivity contribution < 1.29 is 0 Å². The number of aryl methyl sites for hydroxylation is 1. The first-order chi connectivity index (χ1) is 8.61. The van der Waals surface area contributed by atoms with Gasteiger partial charge >= 0.3 is 0 Å². The maximum absolute atomic E-state index is 11.7. The van der Waals surface area contributed by atoms with Gasteiger partial charge in [-0.05, 0) is 13.3 Å². The molecule has 3 rings (SSSR count). The van der Waals surface area contributed by atoms with Crippen LogP contribution < -0.4 is 11.3 Å². The number of hydrogen-bond donors (Lipinski definition) is 1. The minimum absolute atomic E-state index is 0.113. The molecule has 18 heavy (non-hydrogen) atoms. The SMILES string of the molecule is Cc1cc(=O)n2nc(CN3CC[C@H](N)C3)sc2n1. The maximum Gasteiger partial charge on any atom is 0.275 e. The lowest BCUT2D eigenvalue weighted by molar-refractivity contribution is 0.325. The molecule has 6 nitrogen and oxygen atoms in total. The van der Waals surface area contributed by atoms with E-state index in [2.05, 4.69) is 15.0 Å². The molecule has 0 amide bonds.